The normalized spacial score (nSPS) is 15.9. The highest BCUT2D eigenvalue weighted by atomic mass is 19.1. The van der Waals surface area contributed by atoms with Gasteiger partial charge in [0.25, 0.3) is 0 Å². The molecule has 0 aliphatic heterocycles. The van der Waals surface area contributed by atoms with Crippen molar-refractivity contribution in [3.05, 3.63) is 29.6 Å². The monoisotopic (exact) mass is 306 g/mol. The quantitative estimate of drug-likeness (QED) is 0.649. The van der Waals surface area contributed by atoms with Crippen LogP contribution >= 0.6 is 0 Å². The maximum atomic E-state index is 14.0. The van der Waals surface area contributed by atoms with Crippen LogP contribution in [0.5, 0.6) is 0 Å². The smallest absolute Gasteiger partial charge is 0.191 e. The Hall–Kier alpha value is -1.78. The van der Waals surface area contributed by atoms with E-state index in [-0.39, 0.29) is 5.82 Å². The van der Waals surface area contributed by atoms with Crippen LogP contribution in [0.4, 0.5) is 10.1 Å². The molecule has 4 nitrogen and oxygen atoms in total. The van der Waals surface area contributed by atoms with Crippen molar-refractivity contribution in [3.63, 3.8) is 0 Å². The van der Waals surface area contributed by atoms with Crippen LogP contribution in [0.15, 0.2) is 23.2 Å². The van der Waals surface area contributed by atoms with Gasteiger partial charge >= 0.3 is 0 Å². The molecule has 1 aliphatic rings. The number of rotatable bonds is 5. The molecule has 0 unspecified atom stereocenters. The van der Waals surface area contributed by atoms with Crippen molar-refractivity contribution in [3.8, 4) is 0 Å². The Morgan fingerprint density at radius 1 is 1.32 bits per heavy atom. The lowest BCUT2D eigenvalue weighted by atomic mass is 10.2. The van der Waals surface area contributed by atoms with E-state index in [4.69, 9.17) is 0 Å². The van der Waals surface area contributed by atoms with E-state index in [2.05, 4.69) is 22.5 Å². The zero-order valence-electron chi connectivity index (χ0n) is 13.8. The highest BCUT2D eigenvalue weighted by Gasteiger charge is 2.15. The van der Waals surface area contributed by atoms with Crippen LogP contribution in [0, 0.1) is 5.82 Å². The van der Waals surface area contributed by atoms with Gasteiger partial charge in [-0.05, 0) is 37.5 Å². The summed E-state index contributed by atoms with van der Waals surface area (Å²) in [7, 11) is 3.68. The molecule has 0 heterocycles. The average molecular weight is 306 g/mol. The van der Waals surface area contributed by atoms with Gasteiger partial charge in [0, 0.05) is 26.7 Å². The third kappa shape index (κ3) is 4.61. The van der Waals surface area contributed by atoms with Crippen LogP contribution in [0.2, 0.25) is 0 Å². The lowest BCUT2D eigenvalue weighted by molar-refractivity contribution is 0.612. The van der Waals surface area contributed by atoms with Crippen LogP contribution in [0.25, 0.3) is 0 Å². The Balaban J connectivity index is 2.01. The van der Waals surface area contributed by atoms with Crippen molar-refractivity contribution < 1.29 is 4.39 Å². The number of nitrogens with one attached hydrogen (secondary N) is 2. The van der Waals surface area contributed by atoms with Gasteiger partial charge in [-0.3, -0.25) is 0 Å². The summed E-state index contributed by atoms with van der Waals surface area (Å²) in [6.45, 7) is 3.36. The fourth-order valence-electron chi connectivity index (χ4n) is 2.77. The van der Waals surface area contributed by atoms with Gasteiger partial charge in [0.2, 0.25) is 0 Å². The first-order valence-electron chi connectivity index (χ1n) is 8.10. The van der Waals surface area contributed by atoms with Crippen LogP contribution in [-0.2, 0) is 6.54 Å². The lowest BCUT2D eigenvalue weighted by Crippen LogP contribution is -2.42. The molecule has 0 bridgehead atoms. The molecule has 22 heavy (non-hydrogen) atoms. The highest BCUT2D eigenvalue weighted by Crippen LogP contribution is 2.19. The molecule has 122 valence electrons. The second-order valence-corrected chi connectivity index (χ2v) is 6.00. The summed E-state index contributed by atoms with van der Waals surface area (Å²) in [4.78, 5) is 6.35. The van der Waals surface area contributed by atoms with Crippen molar-refractivity contribution in [1.82, 2.24) is 10.6 Å². The molecular weight excluding hydrogens is 279 g/mol. The van der Waals surface area contributed by atoms with E-state index in [1.165, 1.54) is 25.7 Å². The van der Waals surface area contributed by atoms with E-state index >= 15 is 0 Å². The van der Waals surface area contributed by atoms with Gasteiger partial charge in [-0.15, -0.1) is 0 Å². The third-order valence-corrected chi connectivity index (χ3v) is 3.95. The summed E-state index contributed by atoms with van der Waals surface area (Å²) in [6.07, 6.45) is 4.98. The highest BCUT2D eigenvalue weighted by molar-refractivity contribution is 5.80. The molecule has 0 spiro atoms. The van der Waals surface area contributed by atoms with E-state index in [0.29, 0.717) is 18.3 Å². The molecule has 0 amide bonds. The zero-order chi connectivity index (χ0) is 15.9. The number of hydrogen-bond acceptors (Lipinski definition) is 2. The molecule has 0 aromatic heterocycles. The summed E-state index contributed by atoms with van der Waals surface area (Å²) in [6, 6.07) is 5.82. The first-order chi connectivity index (χ1) is 10.6. The second kappa shape index (κ2) is 8.01. The second-order valence-electron chi connectivity index (χ2n) is 6.00. The molecule has 1 aromatic rings. The third-order valence-electron chi connectivity index (χ3n) is 3.95. The van der Waals surface area contributed by atoms with Gasteiger partial charge in [0.15, 0.2) is 5.96 Å². The number of hydrogen-bond donors (Lipinski definition) is 2. The van der Waals surface area contributed by atoms with Crippen molar-refractivity contribution in [2.45, 2.75) is 45.2 Å². The molecular formula is C17H27FN4. The molecule has 1 fully saturated rings. The summed E-state index contributed by atoms with van der Waals surface area (Å²) in [5.41, 5.74) is 1.48. The first-order valence-corrected chi connectivity index (χ1v) is 8.10. The number of aliphatic imine (C=N–C) groups is 1. The van der Waals surface area contributed by atoms with E-state index in [0.717, 1.165) is 18.1 Å². The van der Waals surface area contributed by atoms with Crippen LogP contribution in [0.1, 0.15) is 38.2 Å². The van der Waals surface area contributed by atoms with Crippen molar-refractivity contribution >= 4 is 11.6 Å². The minimum Gasteiger partial charge on any atom is -0.375 e. The molecule has 2 rings (SSSR count). The maximum Gasteiger partial charge on any atom is 0.191 e. The van der Waals surface area contributed by atoms with Crippen molar-refractivity contribution in [2.75, 3.05) is 25.5 Å². The fourth-order valence-corrected chi connectivity index (χ4v) is 2.77. The molecule has 0 radical (unpaired) electrons. The average Bonchev–Trinajstić information content (AvgIpc) is 2.97. The first kappa shape index (κ1) is 16.6. The Morgan fingerprint density at radius 3 is 2.64 bits per heavy atom. The summed E-state index contributed by atoms with van der Waals surface area (Å²) >= 11 is 0. The number of guanidine groups is 1. The zero-order valence-corrected chi connectivity index (χ0v) is 13.8. The number of anilines is 1. The predicted octanol–water partition coefficient (Wildman–Crippen LogP) is 2.89. The summed E-state index contributed by atoms with van der Waals surface area (Å²) in [5, 5.41) is 6.73. The Morgan fingerprint density at radius 2 is 2.05 bits per heavy atom. The Bertz CT molecular complexity index is 507. The summed E-state index contributed by atoms with van der Waals surface area (Å²) in [5.74, 6) is 0.623. The molecule has 2 N–H and O–H groups in total. The SMILES string of the molecule is CCNC(=NCc1ccc(N(C)C)c(F)c1)NC1CCCC1. The van der Waals surface area contributed by atoms with Gasteiger partial charge < -0.3 is 15.5 Å². The number of benzene rings is 1. The maximum absolute atomic E-state index is 14.0. The molecule has 1 aliphatic carbocycles. The number of halogens is 1. The van der Waals surface area contributed by atoms with E-state index < -0.39 is 0 Å². The molecule has 5 heteroatoms. The molecule has 1 saturated carbocycles. The molecule has 0 atom stereocenters. The fraction of sp³-hybridized carbons (Fsp3) is 0.588. The van der Waals surface area contributed by atoms with E-state index in [1.54, 1.807) is 17.0 Å². The minimum absolute atomic E-state index is 0.202. The Kier molecular flexibility index (Phi) is 6.04. The van der Waals surface area contributed by atoms with Crippen LogP contribution in [0.3, 0.4) is 0 Å². The van der Waals surface area contributed by atoms with Gasteiger partial charge in [0.1, 0.15) is 5.82 Å². The van der Waals surface area contributed by atoms with E-state index in [9.17, 15) is 4.39 Å². The van der Waals surface area contributed by atoms with Gasteiger partial charge in [-0.25, -0.2) is 9.38 Å². The van der Waals surface area contributed by atoms with E-state index in [1.807, 2.05) is 20.2 Å². The van der Waals surface area contributed by atoms with Gasteiger partial charge in [-0.2, -0.15) is 0 Å². The topological polar surface area (TPSA) is 39.7 Å². The summed E-state index contributed by atoms with van der Waals surface area (Å²) < 4.78 is 14.0. The lowest BCUT2D eigenvalue weighted by Gasteiger charge is -2.17. The largest absolute Gasteiger partial charge is 0.375 e. The molecule has 1 aromatic carbocycles. The minimum atomic E-state index is -0.202. The van der Waals surface area contributed by atoms with Crippen molar-refractivity contribution in [2.24, 2.45) is 4.99 Å². The number of nitrogens with zero attached hydrogens (tertiary/aromatic N) is 2. The van der Waals surface area contributed by atoms with Crippen molar-refractivity contribution in [1.29, 1.82) is 0 Å². The van der Waals surface area contributed by atoms with Gasteiger partial charge in [-0.1, -0.05) is 18.9 Å². The van der Waals surface area contributed by atoms with Crippen LogP contribution < -0.4 is 15.5 Å². The predicted molar refractivity (Wildman–Crippen MR) is 90.9 cm³/mol. The Labute approximate surface area is 132 Å². The standard InChI is InChI=1S/C17H27FN4/c1-4-19-17(21-14-7-5-6-8-14)20-12-13-9-10-16(22(2)3)15(18)11-13/h9-11,14H,4-8,12H2,1-3H3,(H2,19,20,21). The van der Waals surface area contributed by atoms with Gasteiger partial charge in [0.05, 0.1) is 12.2 Å². The van der Waals surface area contributed by atoms with Crippen LogP contribution in [-0.4, -0.2) is 32.6 Å². The molecule has 0 saturated heterocycles.